The van der Waals surface area contributed by atoms with E-state index in [1.54, 1.807) is 14.2 Å². The third-order valence-electron chi connectivity index (χ3n) is 4.96. The van der Waals surface area contributed by atoms with Crippen LogP contribution in [-0.4, -0.2) is 26.7 Å². The van der Waals surface area contributed by atoms with Crippen LogP contribution in [0.4, 0.5) is 0 Å². The fourth-order valence-corrected chi connectivity index (χ4v) is 3.30. The minimum atomic E-state index is -0.0617. The van der Waals surface area contributed by atoms with Gasteiger partial charge in [-0.15, -0.1) is 0 Å². The highest BCUT2D eigenvalue weighted by Crippen LogP contribution is 2.32. The van der Waals surface area contributed by atoms with Crippen LogP contribution in [-0.2, 0) is 4.79 Å². The van der Waals surface area contributed by atoms with Gasteiger partial charge in [-0.25, -0.2) is 0 Å². The summed E-state index contributed by atoms with van der Waals surface area (Å²) in [4.78, 5) is 12.4. The van der Waals surface area contributed by atoms with Crippen LogP contribution in [0.2, 0.25) is 0 Å². The zero-order chi connectivity index (χ0) is 21.4. The van der Waals surface area contributed by atoms with Crippen LogP contribution < -0.4 is 19.5 Å². The lowest BCUT2D eigenvalue weighted by molar-refractivity contribution is -0.121. The lowest BCUT2D eigenvalue weighted by Gasteiger charge is -2.21. The van der Waals surface area contributed by atoms with E-state index in [9.17, 15) is 4.79 Å². The number of nitrogens with one attached hydrogen (secondary N) is 1. The monoisotopic (exact) mass is 399 g/mol. The molecular weight excluding hydrogens is 366 g/mol. The van der Waals surface area contributed by atoms with E-state index in [4.69, 9.17) is 14.2 Å². The summed E-state index contributed by atoms with van der Waals surface area (Å²) in [6.07, 6.45) is 1.08. The Kier molecular flexibility index (Phi) is 8.37. The number of carbonyl (C=O) groups is 1. The fraction of sp³-hybridized carbons (Fsp3) is 0.458. The van der Waals surface area contributed by atoms with E-state index in [-0.39, 0.29) is 11.9 Å². The van der Waals surface area contributed by atoms with Crippen molar-refractivity contribution in [2.75, 3.05) is 20.8 Å². The number of hydrogen-bond donors (Lipinski definition) is 1. The van der Waals surface area contributed by atoms with E-state index in [1.807, 2.05) is 38.1 Å². The molecule has 0 aliphatic rings. The molecule has 1 amide bonds. The number of amides is 1. The minimum Gasteiger partial charge on any atom is -0.497 e. The Bertz CT molecular complexity index is 799. The standard InChI is InChI=1S/C24H33NO4/c1-16(2)21-15-22(17(3)14-23(21)28-6)18(4)25-24(26)8-7-13-29-20-11-9-19(27-5)10-12-20/h9-12,14-16,18H,7-8,13H2,1-6H3,(H,25,26)/t18-/m1/s1. The first-order valence-electron chi connectivity index (χ1n) is 10.1. The van der Waals surface area contributed by atoms with Crippen LogP contribution in [0.5, 0.6) is 17.2 Å². The molecule has 0 heterocycles. The van der Waals surface area contributed by atoms with Gasteiger partial charge in [0.2, 0.25) is 5.91 Å². The topological polar surface area (TPSA) is 56.8 Å². The molecule has 2 aromatic rings. The Morgan fingerprint density at radius 3 is 2.21 bits per heavy atom. The van der Waals surface area contributed by atoms with Crippen molar-refractivity contribution in [3.05, 3.63) is 53.1 Å². The van der Waals surface area contributed by atoms with E-state index in [1.165, 1.54) is 0 Å². The van der Waals surface area contributed by atoms with Crippen LogP contribution >= 0.6 is 0 Å². The van der Waals surface area contributed by atoms with Gasteiger partial charge in [-0.1, -0.05) is 13.8 Å². The minimum absolute atomic E-state index is 0.0251. The van der Waals surface area contributed by atoms with Crippen LogP contribution in [0, 0.1) is 6.92 Å². The Hall–Kier alpha value is -2.69. The maximum absolute atomic E-state index is 12.4. The van der Waals surface area contributed by atoms with Gasteiger partial charge in [0.05, 0.1) is 26.9 Å². The quantitative estimate of drug-likeness (QED) is 0.560. The summed E-state index contributed by atoms with van der Waals surface area (Å²) in [5, 5.41) is 3.10. The second-order valence-corrected chi connectivity index (χ2v) is 7.52. The third kappa shape index (κ3) is 6.41. The number of hydrogen-bond acceptors (Lipinski definition) is 4. The van der Waals surface area contributed by atoms with Crippen molar-refractivity contribution in [1.29, 1.82) is 0 Å². The molecule has 0 saturated carbocycles. The van der Waals surface area contributed by atoms with Gasteiger partial charge in [-0.2, -0.15) is 0 Å². The Morgan fingerprint density at radius 1 is 0.966 bits per heavy atom. The highest BCUT2D eigenvalue weighted by Gasteiger charge is 2.16. The van der Waals surface area contributed by atoms with Gasteiger partial charge in [-0.3, -0.25) is 4.79 Å². The normalized spacial score (nSPS) is 11.8. The smallest absolute Gasteiger partial charge is 0.220 e. The van der Waals surface area contributed by atoms with Crippen molar-refractivity contribution in [2.45, 2.75) is 52.5 Å². The van der Waals surface area contributed by atoms with Gasteiger partial charge in [0.15, 0.2) is 0 Å². The van der Waals surface area contributed by atoms with Crippen molar-refractivity contribution in [3.63, 3.8) is 0 Å². The number of ether oxygens (including phenoxy) is 3. The fourth-order valence-electron chi connectivity index (χ4n) is 3.30. The largest absolute Gasteiger partial charge is 0.497 e. The summed E-state index contributed by atoms with van der Waals surface area (Å²) in [5.74, 6) is 2.84. The van der Waals surface area contributed by atoms with Gasteiger partial charge >= 0.3 is 0 Å². The first-order chi connectivity index (χ1) is 13.8. The molecule has 5 heteroatoms. The summed E-state index contributed by atoms with van der Waals surface area (Å²) >= 11 is 0. The molecule has 0 aliphatic carbocycles. The Balaban J connectivity index is 1.86. The van der Waals surface area contributed by atoms with Crippen molar-refractivity contribution in [1.82, 2.24) is 5.32 Å². The van der Waals surface area contributed by atoms with Gasteiger partial charge in [0.25, 0.3) is 0 Å². The maximum atomic E-state index is 12.4. The van der Waals surface area contributed by atoms with Crippen molar-refractivity contribution in [3.8, 4) is 17.2 Å². The van der Waals surface area contributed by atoms with Gasteiger partial charge in [-0.05, 0) is 79.3 Å². The highest BCUT2D eigenvalue weighted by atomic mass is 16.5. The Morgan fingerprint density at radius 2 is 1.62 bits per heavy atom. The first kappa shape index (κ1) is 22.6. The number of benzene rings is 2. The molecule has 1 atom stereocenters. The van der Waals surface area contributed by atoms with E-state index < -0.39 is 0 Å². The zero-order valence-corrected chi connectivity index (χ0v) is 18.4. The summed E-state index contributed by atoms with van der Waals surface area (Å²) in [5.41, 5.74) is 3.39. The van der Waals surface area contributed by atoms with Gasteiger partial charge in [0, 0.05) is 6.42 Å². The van der Waals surface area contributed by atoms with Gasteiger partial charge in [0.1, 0.15) is 17.2 Å². The summed E-state index contributed by atoms with van der Waals surface area (Å²) in [7, 11) is 3.33. The third-order valence-corrected chi connectivity index (χ3v) is 4.96. The maximum Gasteiger partial charge on any atom is 0.220 e. The number of rotatable bonds is 10. The Labute approximate surface area is 174 Å². The molecule has 29 heavy (non-hydrogen) atoms. The molecule has 158 valence electrons. The number of methoxy groups -OCH3 is 2. The molecule has 0 aromatic heterocycles. The van der Waals surface area contributed by atoms with Crippen LogP contribution in [0.3, 0.4) is 0 Å². The summed E-state index contributed by atoms with van der Waals surface area (Å²) < 4.78 is 16.3. The predicted molar refractivity (Wildman–Crippen MR) is 116 cm³/mol. The average molecular weight is 400 g/mol. The molecule has 1 N–H and O–H groups in total. The second kappa shape index (κ2) is 10.7. The van der Waals surface area contributed by atoms with E-state index in [0.717, 1.165) is 33.9 Å². The molecular formula is C24H33NO4. The van der Waals surface area contributed by atoms with E-state index >= 15 is 0 Å². The summed E-state index contributed by atoms with van der Waals surface area (Å²) in [6, 6.07) is 11.6. The number of carbonyl (C=O) groups excluding carboxylic acids is 1. The average Bonchev–Trinajstić information content (AvgIpc) is 2.70. The highest BCUT2D eigenvalue weighted by molar-refractivity contribution is 5.76. The van der Waals surface area contributed by atoms with Crippen LogP contribution in [0.15, 0.2) is 36.4 Å². The first-order valence-corrected chi connectivity index (χ1v) is 10.1. The van der Waals surface area contributed by atoms with Crippen LogP contribution in [0.1, 0.15) is 62.3 Å². The molecule has 0 fully saturated rings. The molecule has 2 rings (SSSR count). The SMILES string of the molecule is COc1ccc(OCCCC(=O)N[C@H](C)c2cc(C(C)C)c(OC)cc2C)cc1. The van der Waals surface area contributed by atoms with Gasteiger partial charge < -0.3 is 19.5 Å². The molecule has 0 spiro atoms. The molecule has 0 unspecified atom stereocenters. The molecule has 0 saturated heterocycles. The molecule has 0 bridgehead atoms. The van der Waals surface area contributed by atoms with Crippen LogP contribution in [0.25, 0.3) is 0 Å². The van der Waals surface area contributed by atoms with E-state index in [0.29, 0.717) is 25.4 Å². The second-order valence-electron chi connectivity index (χ2n) is 7.52. The van der Waals surface area contributed by atoms with Crippen molar-refractivity contribution >= 4 is 5.91 Å². The van der Waals surface area contributed by atoms with Crippen molar-refractivity contribution in [2.24, 2.45) is 0 Å². The molecule has 0 aliphatic heterocycles. The van der Waals surface area contributed by atoms with Crippen molar-refractivity contribution < 1.29 is 19.0 Å². The predicted octanol–water partition coefficient (Wildman–Crippen LogP) is 5.17. The summed E-state index contributed by atoms with van der Waals surface area (Å²) in [6.45, 7) is 8.84. The molecule has 2 aromatic carbocycles. The lowest BCUT2D eigenvalue weighted by atomic mass is 9.93. The van der Waals surface area contributed by atoms with E-state index in [2.05, 4.69) is 31.3 Å². The number of aryl methyl sites for hydroxylation is 1. The molecule has 5 nitrogen and oxygen atoms in total. The lowest BCUT2D eigenvalue weighted by Crippen LogP contribution is -2.27. The zero-order valence-electron chi connectivity index (χ0n) is 18.4. The molecule has 0 radical (unpaired) electrons.